The lowest BCUT2D eigenvalue weighted by atomic mass is 10.1. The molecule has 6 heteroatoms. The van der Waals surface area contributed by atoms with E-state index in [0.717, 1.165) is 5.56 Å². The van der Waals surface area contributed by atoms with Crippen LogP contribution in [0.2, 0.25) is 0 Å². The summed E-state index contributed by atoms with van der Waals surface area (Å²) in [7, 11) is 1.56. The molecule has 1 aliphatic heterocycles. The summed E-state index contributed by atoms with van der Waals surface area (Å²) in [5.41, 5.74) is 1.03. The van der Waals surface area contributed by atoms with Crippen LogP contribution in [0.3, 0.4) is 0 Å². The zero-order valence-corrected chi connectivity index (χ0v) is 13.9. The van der Waals surface area contributed by atoms with Crippen molar-refractivity contribution < 1.29 is 23.8 Å². The fourth-order valence-corrected chi connectivity index (χ4v) is 2.53. The van der Waals surface area contributed by atoms with Crippen molar-refractivity contribution in [2.24, 2.45) is 0 Å². The van der Waals surface area contributed by atoms with Crippen molar-refractivity contribution >= 4 is 11.8 Å². The molecule has 130 valence electrons. The quantitative estimate of drug-likeness (QED) is 0.817. The van der Waals surface area contributed by atoms with Crippen molar-refractivity contribution in [2.45, 2.75) is 25.6 Å². The van der Waals surface area contributed by atoms with Crippen LogP contribution < -0.4 is 19.5 Å². The Morgan fingerprint density at radius 3 is 2.60 bits per heavy atom. The third-order valence-corrected chi connectivity index (χ3v) is 3.84. The molecule has 25 heavy (non-hydrogen) atoms. The number of ether oxygens (including phenoxy) is 3. The monoisotopic (exact) mass is 341 g/mol. The molecule has 0 spiro atoms. The normalized spacial score (nSPS) is 16.9. The highest BCUT2D eigenvalue weighted by molar-refractivity contribution is 5.99. The molecule has 1 fully saturated rings. The summed E-state index contributed by atoms with van der Waals surface area (Å²) in [6.45, 7) is 0.388. The van der Waals surface area contributed by atoms with E-state index in [-0.39, 0.29) is 12.3 Å². The summed E-state index contributed by atoms with van der Waals surface area (Å²) in [4.78, 5) is 23.0. The highest BCUT2D eigenvalue weighted by Gasteiger charge is 2.28. The maximum Gasteiger partial charge on any atom is 0.267 e. The number of amides is 2. The fourth-order valence-electron chi connectivity index (χ4n) is 2.53. The van der Waals surface area contributed by atoms with Crippen LogP contribution in [0.15, 0.2) is 48.5 Å². The van der Waals surface area contributed by atoms with E-state index in [1.807, 2.05) is 30.3 Å². The number of hydrogen-bond donors (Lipinski definition) is 1. The molecule has 0 aromatic heterocycles. The number of benzene rings is 2. The van der Waals surface area contributed by atoms with Crippen molar-refractivity contribution in [3.63, 3.8) is 0 Å². The van der Waals surface area contributed by atoms with Crippen LogP contribution >= 0.6 is 0 Å². The summed E-state index contributed by atoms with van der Waals surface area (Å²) < 4.78 is 16.8. The van der Waals surface area contributed by atoms with Crippen LogP contribution in [0.25, 0.3) is 0 Å². The first-order valence-electron chi connectivity index (χ1n) is 8.01. The van der Waals surface area contributed by atoms with Crippen LogP contribution in [0, 0.1) is 0 Å². The molecule has 2 aromatic carbocycles. The lowest BCUT2D eigenvalue weighted by molar-refractivity contribution is -0.138. The number of nitrogens with one attached hydrogen (secondary N) is 1. The largest absolute Gasteiger partial charge is 0.493 e. The third-order valence-electron chi connectivity index (χ3n) is 3.84. The van der Waals surface area contributed by atoms with Gasteiger partial charge in [0.1, 0.15) is 12.4 Å². The number of piperidine rings is 1. The van der Waals surface area contributed by atoms with Crippen LogP contribution in [-0.4, -0.2) is 25.0 Å². The number of carbonyl (C=O) groups is 2. The predicted molar refractivity (Wildman–Crippen MR) is 90.6 cm³/mol. The van der Waals surface area contributed by atoms with Crippen LogP contribution in [0.5, 0.6) is 17.2 Å². The first-order valence-corrected chi connectivity index (χ1v) is 8.01. The second-order valence-corrected chi connectivity index (χ2v) is 5.64. The van der Waals surface area contributed by atoms with Gasteiger partial charge < -0.3 is 14.2 Å². The average Bonchev–Trinajstić information content (AvgIpc) is 2.63. The van der Waals surface area contributed by atoms with Gasteiger partial charge in [0.2, 0.25) is 5.91 Å². The van der Waals surface area contributed by atoms with Crippen LogP contribution in [0.4, 0.5) is 0 Å². The molecule has 1 unspecified atom stereocenters. The zero-order valence-electron chi connectivity index (χ0n) is 13.9. The molecule has 1 atom stereocenters. The molecule has 0 bridgehead atoms. The molecule has 1 aliphatic rings. The molecular weight excluding hydrogens is 322 g/mol. The van der Waals surface area contributed by atoms with Gasteiger partial charge in [-0.2, -0.15) is 0 Å². The summed E-state index contributed by atoms with van der Waals surface area (Å²) in [5.74, 6) is 0.895. The Labute approximate surface area is 145 Å². The Bertz CT molecular complexity index is 760. The molecule has 0 radical (unpaired) electrons. The van der Waals surface area contributed by atoms with Gasteiger partial charge in [-0.3, -0.25) is 14.9 Å². The van der Waals surface area contributed by atoms with E-state index in [1.165, 1.54) is 0 Å². The average molecular weight is 341 g/mol. The molecule has 0 aliphatic carbocycles. The second-order valence-electron chi connectivity index (χ2n) is 5.64. The van der Waals surface area contributed by atoms with E-state index < -0.39 is 12.0 Å². The molecule has 1 N–H and O–H groups in total. The lowest BCUT2D eigenvalue weighted by Crippen LogP contribution is -2.46. The van der Waals surface area contributed by atoms with Gasteiger partial charge in [-0.25, -0.2) is 0 Å². The van der Waals surface area contributed by atoms with Gasteiger partial charge >= 0.3 is 0 Å². The van der Waals surface area contributed by atoms with Crippen molar-refractivity contribution in [3.8, 4) is 17.2 Å². The van der Waals surface area contributed by atoms with Gasteiger partial charge in [0.25, 0.3) is 5.91 Å². The van der Waals surface area contributed by atoms with E-state index >= 15 is 0 Å². The van der Waals surface area contributed by atoms with E-state index in [4.69, 9.17) is 14.2 Å². The Balaban J connectivity index is 1.71. The Morgan fingerprint density at radius 1 is 1.08 bits per heavy atom. The summed E-state index contributed by atoms with van der Waals surface area (Å²) in [5, 5.41) is 2.27. The SMILES string of the molecule is COc1ccc(OC2CCC(=O)NC2=O)cc1OCc1ccccc1. The summed E-state index contributed by atoms with van der Waals surface area (Å²) in [6.07, 6.45) is -0.0612. The molecule has 1 saturated heterocycles. The molecule has 6 nitrogen and oxygen atoms in total. The molecule has 2 amide bonds. The molecule has 1 heterocycles. The molecule has 2 aromatic rings. The molecular formula is C19H19NO5. The van der Waals surface area contributed by atoms with Crippen LogP contribution in [0.1, 0.15) is 18.4 Å². The Morgan fingerprint density at radius 2 is 1.88 bits per heavy atom. The highest BCUT2D eigenvalue weighted by Crippen LogP contribution is 2.32. The van der Waals surface area contributed by atoms with Gasteiger partial charge in [-0.15, -0.1) is 0 Å². The number of carbonyl (C=O) groups excluding carboxylic acids is 2. The first-order chi connectivity index (χ1) is 12.2. The first kappa shape index (κ1) is 16.8. The minimum atomic E-state index is -0.687. The van der Waals surface area contributed by atoms with E-state index in [0.29, 0.717) is 30.3 Å². The Hall–Kier alpha value is -3.02. The second kappa shape index (κ2) is 7.70. The lowest BCUT2D eigenvalue weighted by Gasteiger charge is -2.22. The number of imide groups is 1. The van der Waals surface area contributed by atoms with Crippen LogP contribution in [-0.2, 0) is 16.2 Å². The third kappa shape index (κ3) is 4.29. The molecule has 3 rings (SSSR count). The zero-order chi connectivity index (χ0) is 17.6. The van der Waals surface area contributed by atoms with E-state index in [1.54, 1.807) is 25.3 Å². The predicted octanol–water partition coefficient (Wildman–Crippen LogP) is 2.46. The number of rotatable bonds is 6. The fraction of sp³-hybridized carbons (Fsp3) is 0.263. The van der Waals surface area contributed by atoms with E-state index in [9.17, 15) is 9.59 Å². The summed E-state index contributed by atoms with van der Waals surface area (Å²) >= 11 is 0. The smallest absolute Gasteiger partial charge is 0.267 e. The number of hydrogen-bond acceptors (Lipinski definition) is 5. The minimum absolute atomic E-state index is 0.268. The highest BCUT2D eigenvalue weighted by atomic mass is 16.5. The Kier molecular flexibility index (Phi) is 5.18. The van der Waals surface area contributed by atoms with Crippen molar-refractivity contribution in [2.75, 3.05) is 7.11 Å². The van der Waals surface area contributed by atoms with Crippen molar-refractivity contribution in [3.05, 3.63) is 54.1 Å². The van der Waals surface area contributed by atoms with Crippen molar-refractivity contribution in [1.82, 2.24) is 5.32 Å². The van der Waals surface area contributed by atoms with Gasteiger partial charge in [-0.1, -0.05) is 30.3 Å². The maximum atomic E-state index is 11.8. The summed E-state index contributed by atoms with van der Waals surface area (Å²) in [6, 6.07) is 14.9. The standard InChI is InChI=1S/C19H19NO5/c1-23-15-8-7-14(25-16-9-10-18(21)20-19(16)22)11-17(15)24-12-13-5-3-2-4-6-13/h2-8,11,16H,9-10,12H2,1H3,(H,20,21,22). The van der Waals surface area contributed by atoms with Gasteiger partial charge in [-0.05, 0) is 17.7 Å². The van der Waals surface area contributed by atoms with Crippen molar-refractivity contribution in [1.29, 1.82) is 0 Å². The van der Waals surface area contributed by atoms with E-state index in [2.05, 4.69) is 5.32 Å². The maximum absolute atomic E-state index is 11.8. The topological polar surface area (TPSA) is 73.9 Å². The number of methoxy groups -OCH3 is 1. The minimum Gasteiger partial charge on any atom is -0.493 e. The van der Waals surface area contributed by atoms with Gasteiger partial charge in [0.15, 0.2) is 17.6 Å². The van der Waals surface area contributed by atoms with Gasteiger partial charge in [0, 0.05) is 18.9 Å². The molecule has 0 saturated carbocycles. The van der Waals surface area contributed by atoms with Gasteiger partial charge in [0.05, 0.1) is 7.11 Å².